The smallest absolute Gasteiger partial charge is 0.256 e. The summed E-state index contributed by atoms with van der Waals surface area (Å²) in [5, 5.41) is 6.50. The molecule has 45 heavy (non-hydrogen) atoms. The first-order valence-electron chi connectivity index (χ1n) is 15.8. The van der Waals surface area contributed by atoms with E-state index in [1.807, 2.05) is 42.5 Å². The van der Waals surface area contributed by atoms with E-state index in [1.165, 1.54) is 0 Å². The van der Waals surface area contributed by atoms with Crippen LogP contribution in [0.3, 0.4) is 0 Å². The zero-order valence-electron chi connectivity index (χ0n) is 25.0. The van der Waals surface area contributed by atoms with Crippen molar-refractivity contribution in [2.75, 3.05) is 39.4 Å². The lowest BCUT2D eigenvalue weighted by molar-refractivity contribution is 0.171. The number of pyridine rings is 1. The molecule has 1 fully saturated rings. The number of ether oxygens (including phenoxy) is 2. The minimum Gasteiger partial charge on any atom is -0.486 e. The van der Waals surface area contributed by atoms with Crippen molar-refractivity contribution in [3.05, 3.63) is 117 Å². The summed E-state index contributed by atoms with van der Waals surface area (Å²) in [6.45, 7) is 5.42. The Labute approximate surface area is 260 Å². The highest BCUT2D eigenvalue weighted by Gasteiger charge is 2.28. The molecule has 228 valence electrons. The number of benzene rings is 4. The van der Waals surface area contributed by atoms with E-state index >= 15 is 0 Å². The first-order chi connectivity index (χ1) is 22.1. The highest BCUT2D eigenvalue weighted by atomic mass is 19.1. The maximum absolute atomic E-state index is 13.7. The average Bonchev–Trinajstić information content (AvgIpc) is 3.50. The molecule has 0 aliphatic carbocycles. The number of aromatic amines is 1. The van der Waals surface area contributed by atoms with Crippen LogP contribution in [-0.2, 0) is 6.54 Å². The number of halogens is 1. The van der Waals surface area contributed by atoms with Crippen LogP contribution in [0.4, 0.5) is 4.39 Å². The van der Waals surface area contributed by atoms with Crippen LogP contribution in [0.5, 0.6) is 11.5 Å². The lowest BCUT2D eigenvalue weighted by atomic mass is 9.87. The summed E-state index contributed by atoms with van der Waals surface area (Å²) in [6, 6.07) is 25.2. The summed E-state index contributed by atoms with van der Waals surface area (Å²) >= 11 is 0. The SMILES string of the molecule is O=c1[nH]c2ccc(C(NCCN3CCC(C4=NCc5cc(F)ccc54)CC3)c3ccc4c(c3)OCCO4)cc2c2ccccc12. The minimum absolute atomic E-state index is 0.0748. The summed E-state index contributed by atoms with van der Waals surface area (Å²) in [7, 11) is 0. The Balaban J connectivity index is 1.01. The molecule has 1 atom stereocenters. The van der Waals surface area contributed by atoms with Crippen LogP contribution in [0.2, 0.25) is 0 Å². The molecule has 2 N–H and O–H groups in total. The van der Waals surface area contributed by atoms with Crippen molar-refractivity contribution in [1.82, 2.24) is 15.2 Å². The Bertz CT molecular complexity index is 2000. The van der Waals surface area contributed by atoms with Gasteiger partial charge in [0.2, 0.25) is 0 Å². The molecule has 4 aromatic carbocycles. The Morgan fingerprint density at radius 2 is 1.67 bits per heavy atom. The number of aliphatic imine (C=N–C) groups is 1. The van der Waals surface area contributed by atoms with Crippen molar-refractivity contribution in [2.45, 2.75) is 25.4 Å². The van der Waals surface area contributed by atoms with Crippen molar-refractivity contribution in [2.24, 2.45) is 10.9 Å². The summed E-state index contributed by atoms with van der Waals surface area (Å²) in [6.07, 6.45) is 2.11. The monoisotopic (exact) mass is 602 g/mol. The third-order valence-corrected chi connectivity index (χ3v) is 9.50. The van der Waals surface area contributed by atoms with Gasteiger partial charge in [-0.1, -0.05) is 30.3 Å². The van der Waals surface area contributed by atoms with E-state index in [4.69, 9.17) is 14.5 Å². The van der Waals surface area contributed by atoms with Crippen molar-refractivity contribution in [3.63, 3.8) is 0 Å². The highest BCUT2D eigenvalue weighted by Crippen LogP contribution is 2.36. The Hall–Kier alpha value is -4.53. The van der Waals surface area contributed by atoms with Gasteiger partial charge in [0.25, 0.3) is 5.56 Å². The number of nitrogens with one attached hydrogen (secondary N) is 2. The zero-order valence-corrected chi connectivity index (χ0v) is 25.0. The average molecular weight is 603 g/mol. The number of rotatable bonds is 7. The maximum atomic E-state index is 13.7. The fourth-order valence-electron chi connectivity index (χ4n) is 7.19. The standard InChI is InChI=1S/C37H35FN4O3/c38-27-7-8-28-26(19-27)22-40-36(28)23-11-14-42(15-12-23)16-13-39-35(25-6-10-33-34(21-25)45-18-17-44-33)24-5-9-32-31(20-24)29-3-1-2-4-30(29)37(43)41-32/h1-10,19-21,23,35,39H,11-18,22H2,(H,41,43). The number of piperidine rings is 1. The molecule has 0 saturated carbocycles. The van der Waals surface area contributed by atoms with Crippen LogP contribution in [0, 0.1) is 11.7 Å². The molecule has 1 aromatic heterocycles. The van der Waals surface area contributed by atoms with Gasteiger partial charge in [0.1, 0.15) is 19.0 Å². The molecule has 0 amide bonds. The molecule has 3 aliphatic heterocycles. The highest BCUT2D eigenvalue weighted by molar-refractivity contribution is 6.06. The van der Waals surface area contributed by atoms with E-state index in [1.54, 1.807) is 12.1 Å². The number of H-pyrrole nitrogens is 1. The molecule has 0 bridgehead atoms. The van der Waals surface area contributed by atoms with Crippen LogP contribution >= 0.6 is 0 Å². The van der Waals surface area contributed by atoms with Crippen molar-refractivity contribution in [1.29, 1.82) is 0 Å². The summed E-state index contributed by atoms with van der Waals surface area (Å²) < 4.78 is 25.4. The van der Waals surface area contributed by atoms with E-state index in [9.17, 15) is 9.18 Å². The van der Waals surface area contributed by atoms with Crippen LogP contribution in [0.25, 0.3) is 21.7 Å². The predicted octanol–water partition coefficient (Wildman–Crippen LogP) is 5.99. The van der Waals surface area contributed by atoms with E-state index in [-0.39, 0.29) is 17.4 Å². The lowest BCUT2D eigenvalue weighted by Gasteiger charge is -2.33. The van der Waals surface area contributed by atoms with E-state index < -0.39 is 0 Å². The van der Waals surface area contributed by atoms with Gasteiger partial charge >= 0.3 is 0 Å². The Kier molecular flexibility index (Phi) is 7.31. The molecule has 3 aliphatic rings. The molecule has 8 heteroatoms. The van der Waals surface area contributed by atoms with Crippen LogP contribution < -0.4 is 20.3 Å². The van der Waals surface area contributed by atoms with E-state index in [0.29, 0.717) is 31.1 Å². The number of likely N-dealkylation sites (tertiary alicyclic amines) is 1. The molecule has 7 nitrogen and oxygen atoms in total. The van der Waals surface area contributed by atoms with Gasteiger partial charge in [-0.25, -0.2) is 4.39 Å². The molecule has 0 spiro atoms. The molecule has 0 radical (unpaired) electrons. The number of fused-ring (bicyclic) bond motifs is 5. The Morgan fingerprint density at radius 3 is 2.53 bits per heavy atom. The van der Waals surface area contributed by atoms with Gasteiger partial charge in [0.15, 0.2) is 11.5 Å². The van der Waals surface area contributed by atoms with Gasteiger partial charge in [-0.3, -0.25) is 9.79 Å². The van der Waals surface area contributed by atoms with E-state index in [0.717, 1.165) is 94.8 Å². The molecule has 5 aromatic rings. The predicted molar refractivity (Wildman–Crippen MR) is 175 cm³/mol. The van der Waals surface area contributed by atoms with Crippen LogP contribution in [0.1, 0.15) is 41.1 Å². The maximum Gasteiger partial charge on any atom is 0.256 e. The van der Waals surface area contributed by atoms with E-state index in [2.05, 4.69) is 39.5 Å². The van der Waals surface area contributed by atoms with Crippen molar-refractivity contribution < 1.29 is 13.9 Å². The third-order valence-electron chi connectivity index (χ3n) is 9.50. The first-order valence-corrected chi connectivity index (χ1v) is 15.8. The Morgan fingerprint density at radius 1 is 0.889 bits per heavy atom. The first kappa shape index (κ1) is 28.0. The second kappa shape index (κ2) is 11.8. The largest absolute Gasteiger partial charge is 0.486 e. The van der Waals surface area contributed by atoms with Gasteiger partial charge in [-0.05, 0) is 96.5 Å². The zero-order chi connectivity index (χ0) is 30.3. The third kappa shape index (κ3) is 5.38. The topological polar surface area (TPSA) is 79.0 Å². The fourth-order valence-corrected chi connectivity index (χ4v) is 7.19. The fraction of sp³-hybridized carbons (Fsp3) is 0.297. The van der Waals surface area contributed by atoms with Crippen molar-refractivity contribution in [3.8, 4) is 11.5 Å². The molecule has 1 unspecified atom stereocenters. The number of nitrogens with zero attached hydrogens (tertiary/aromatic N) is 2. The second-order valence-electron chi connectivity index (χ2n) is 12.2. The van der Waals surface area contributed by atoms with Gasteiger partial charge < -0.3 is 24.7 Å². The quantitative estimate of drug-likeness (QED) is 0.224. The normalized spacial score (nSPS) is 17.4. The van der Waals surface area contributed by atoms with Gasteiger partial charge in [-0.2, -0.15) is 0 Å². The number of hydrogen-bond acceptors (Lipinski definition) is 6. The van der Waals surface area contributed by atoms with Gasteiger partial charge in [-0.15, -0.1) is 0 Å². The molecule has 8 rings (SSSR count). The van der Waals surface area contributed by atoms with Gasteiger partial charge in [0, 0.05) is 46.6 Å². The molecule has 4 heterocycles. The second-order valence-corrected chi connectivity index (χ2v) is 12.2. The van der Waals surface area contributed by atoms with Crippen LogP contribution in [-0.4, -0.2) is 55.0 Å². The molecular weight excluding hydrogens is 567 g/mol. The summed E-state index contributed by atoms with van der Waals surface area (Å²) in [4.78, 5) is 23.1. The molecular formula is C37H35FN4O3. The number of aromatic nitrogens is 1. The summed E-state index contributed by atoms with van der Waals surface area (Å²) in [5.74, 6) is 1.77. The lowest BCUT2D eigenvalue weighted by Crippen LogP contribution is -2.40. The number of hydrogen-bond donors (Lipinski definition) is 2. The van der Waals surface area contributed by atoms with Gasteiger partial charge in [0.05, 0.1) is 12.6 Å². The van der Waals surface area contributed by atoms with Crippen LogP contribution in [0.15, 0.2) is 88.6 Å². The summed E-state index contributed by atoms with van der Waals surface area (Å²) in [5.41, 5.74) is 6.26. The minimum atomic E-state index is -0.186. The van der Waals surface area contributed by atoms with Crippen molar-refractivity contribution >= 4 is 27.4 Å². The molecule has 1 saturated heterocycles.